The van der Waals surface area contributed by atoms with Gasteiger partial charge in [0.1, 0.15) is 0 Å². The van der Waals surface area contributed by atoms with E-state index in [4.69, 9.17) is 16.7 Å². The van der Waals surface area contributed by atoms with Crippen LogP contribution in [-0.2, 0) is 11.2 Å². The molecule has 1 rings (SSSR count). The summed E-state index contributed by atoms with van der Waals surface area (Å²) in [5.74, 6) is -0.222. The summed E-state index contributed by atoms with van der Waals surface area (Å²) < 4.78 is 0. The van der Waals surface area contributed by atoms with Crippen LogP contribution in [0.25, 0.3) is 0 Å². The van der Waals surface area contributed by atoms with Gasteiger partial charge in [-0.1, -0.05) is 37.6 Å². The Morgan fingerprint density at radius 2 is 2.00 bits per heavy atom. The average molecular weight is 269 g/mol. The summed E-state index contributed by atoms with van der Waals surface area (Å²) in [4.78, 5) is 10.5. The molecular formula is C15H21ClO2. The minimum Gasteiger partial charge on any atom is -0.481 e. The molecule has 0 saturated heterocycles. The van der Waals surface area contributed by atoms with Gasteiger partial charge in [-0.15, -0.1) is 0 Å². The van der Waals surface area contributed by atoms with Gasteiger partial charge in [-0.25, -0.2) is 0 Å². The first-order valence-corrected chi connectivity index (χ1v) is 6.96. The summed E-state index contributed by atoms with van der Waals surface area (Å²) in [5, 5.41) is 9.42. The highest BCUT2D eigenvalue weighted by Gasteiger charge is 2.11. The Bertz CT molecular complexity index is 397. The molecular weight excluding hydrogens is 248 g/mol. The molecule has 18 heavy (non-hydrogen) atoms. The number of aryl methyl sites for hydroxylation is 1. The van der Waals surface area contributed by atoms with Crippen LogP contribution >= 0.6 is 11.6 Å². The van der Waals surface area contributed by atoms with Crippen LogP contribution in [0, 0.1) is 0 Å². The first-order valence-electron chi connectivity index (χ1n) is 6.58. The number of carboxylic acid groups (broad SMARTS) is 1. The summed E-state index contributed by atoms with van der Waals surface area (Å²) in [6, 6.07) is 6.15. The summed E-state index contributed by atoms with van der Waals surface area (Å²) in [6.45, 7) is 4.34. The van der Waals surface area contributed by atoms with E-state index in [1.54, 1.807) is 0 Å². The van der Waals surface area contributed by atoms with Gasteiger partial charge in [0.2, 0.25) is 0 Å². The molecule has 1 N–H and O–H groups in total. The van der Waals surface area contributed by atoms with Crippen molar-refractivity contribution in [2.75, 3.05) is 0 Å². The van der Waals surface area contributed by atoms with Crippen LogP contribution in [0.2, 0.25) is 5.02 Å². The first-order chi connectivity index (χ1) is 8.58. The molecule has 0 atom stereocenters. The predicted molar refractivity (Wildman–Crippen MR) is 75.3 cm³/mol. The van der Waals surface area contributed by atoms with E-state index in [1.165, 1.54) is 5.56 Å². The molecule has 0 aliphatic heterocycles. The van der Waals surface area contributed by atoms with Crippen LogP contribution in [0.15, 0.2) is 18.2 Å². The van der Waals surface area contributed by atoms with Crippen molar-refractivity contribution in [3.63, 3.8) is 0 Å². The van der Waals surface area contributed by atoms with Crippen molar-refractivity contribution in [3.8, 4) is 0 Å². The number of carbonyl (C=O) groups is 1. The van der Waals surface area contributed by atoms with Crippen molar-refractivity contribution in [1.82, 2.24) is 0 Å². The van der Waals surface area contributed by atoms with E-state index in [-0.39, 0.29) is 6.42 Å². The van der Waals surface area contributed by atoms with Crippen LogP contribution < -0.4 is 0 Å². The number of aliphatic carboxylic acids is 1. The maximum absolute atomic E-state index is 10.5. The van der Waals surface area contributed by atoms with Crippen molar-refractivity contribution in [2.24, 2.45) is 0 Å². The zero-order valence-corrected chi connectivity index (χ0v) is 11.8. The molecule has 0 aromatic heterocycles. The van der Waals surface area contributed by atoms with Gasteiger partial charge in [0.05, 0.1) is 0 Å². The van der Waals surface area contributed by atoms with E-state index in [0.717, 1.165) is 29.8 Å². The zero-order chi connectivity index (χ0) is 13.5. The number of halogens is 1. The second kappa shape index (κ2) is 7.42. The molecule has 3 heteroatoms. The number of benzene rings is 1. The lowest BCUT2D eigenvalue weighted by Crippen LogP contribution is -1.99. The molecule has 0 unspecified atom stereocenters. The van der Waals surface area contributed by atoms with Crippen molar-refractivity contribution in [1.29, 1.82) is 0 Å². The van der Waals surface area contributed by atoms with E-state index in [9.17, 15) is 4.79 Å². The molecule has 0 heterocycles. The van der Waals surface area contributed by atoms with Gasteiger partial charge >= 0.3 is 5.97 Å². The molecule has 0 bridgehead atoms. The summed E-state index contributed by atoms with van der Waals surface area (Å²) in [7, 11) is 0. The van der Waals surface area contributed by atoms with Crippen LogP contribution in [-0.4, -0.2) is 11.1 Å². The van der Waals surface area contributed by atoms with Crippen molar-refractivity contribution < 1.29 is 9.90 Å². The van der Waals surface area contributed by atoms with Crippen LogP contribution in [0.5, 0.6) is 0 Å². The normalized spacial score (nSPS) is 10.9. The lowest BCUT2D eigenvalue weighted by atomic mass is 9.92. The molecule has 0 radical (unpaired) electrons. The third kappa shape index (κ3) is 4.34. The minimum atomic E-state index is -0.741. The molecule has 0 amide bonds. The Hall–Kier alpha value is -1.02. The van der Waals surface area contributed by atoms with E-state index >= 15 is 0 Å². The van der Waals surface area contributed by atoms with Gasteiger partial charge in [-0.3, -0.25) is 4.79 Å². The second-order valence-electron chi connectivity index (χ2n) is 4.62. The second-order valence-corrected chi connectivity index (χ2v) is 5.02. The number of rotatable bonds is 7. The van der Waals surface area contributed by atoms with Crippen LogP contribution in [0.1, 0.15) is 56.6 Å². The van der Waals surface area contributed by atoms with Gasteiger partial charge in [0.25, 0.3) is 0 Å². The number of carboxylic acids is 1. The molecule has 0 fully saturated rings. The summed E-state index contributed by atoms with van der Waals surface area (Å²) in [6.07, 6.45) is 3.83. The Kier molecular flexibility index (Phi) is 6.20. The molecule has 2 nitrogen and oxygen atoms in total. The van der Waals surface area contributed by atoms with E-state index in [2.05, 4.69) is 26.0 Å². The lowest BCUT2D eigenvalue weighted by molar-refractivity contribution is -0.137. The number of hydrogen-bond acceptors (Lipinski definition) is 1. The minimum absolute atomic E-state index is 0.214. The van der Waals surface area contributed by atoms with Crippen LogP contribution in [0.4, 0.5) is 0 Å². The van der Waals surface area contributed by atoms with Crippen molar-refractivity contribution >= 4 is 17.6 Å². The Morgan fingerprint density at radius 1 is 1.33 bits per heavy atom. The first kappa shape index (κ1) is 15.0. The van der Waals surface area contributed by atoms with E-state index in [1.807, 2.05) is 6.07 Å². The van der Waals surface area contributed by atoms with Crippen LogP contribution in [0.3, 0.4) is 0 Å². The van der Waals surface area contributed by atoms with Gasteiger partial charge < -0.3 is 5.11 Å². The lowest BCUT2D eigenvalue weighted by Gasteiger charge is -2.15. The SMILES string of the molecule is CCC(CC)c1ccc(CCCC(=O)O)cc1Cl. The Morgan fingerprint density at radius 3 is 2.50 bits per heavy atom. The Balaban J connectivity index is 2.69. The summed E-state index contributed by atoms with van der Waals surface area (Å²) in [5.41, 5.74) is 2.33. The van der Waals surface area contributed by atoms with Gasteiger partial charge in [-0.05, 0) is 48.8 Å². The van der Waals surface area contributed by atoms with Crippen molar-refractivity contribution in [2.45, 2.75) is 51.9 Å². The highest BCUT2D eigenvalue weighted by molar-refractivity contribution is 6.31. The fourth-order valence-electron chi connectivity index (χ4n) is 2.23. The van der Waals surface area contributed by atoms with Gasteiger partial charge in [0.15, 0.2) is 0 Å². The topological polar surface area (TPSA) is 37.3 Å². The largest absolute Gasteiger partial charge is 0.481 e. The zero-order valence-electron chi connectivity index (χ0n) is 11.1. The Labute approximate surface area is 114 Å². The molecule has 0 aliphatic carbocycles. The molecule has 0 aliphatic rings. The fraction of sp³-hybridized carbons (Fsp3) is 0.533. The fourth-order valence-corrected chi connectivity index (χ4v) is 2.59. The number of hydrogen-bond donors (Lipinski definition) is 1. The van der Waals surface area contributed by atoms with Gasteiger partial charge in [0, 0.05) is 11.4 Å². The van der Waals surface area contributed by atoms with E-state index in [0.29, 0.717) is 12.3 Å². The highest BCUT2D eigenvalue weighted by Crippen LogP contribution is 2.30. The van der Waals surface area contributed by atoms with Crippen molar-refractivity contribution in [3.05, 3.63) is 34.3 Å². The molecule has 1 aromatic carbocycles. The standard InChI is InChI=1S/C15H21ClO2/c1-3-12(4-2)13-9-8-11(10-14(13)16)6-5-7-15(17)18/h8-10,12H,3-7H2,1-2H3,(H,17,18). The maximum atomic E-state index is 10.5. The van der Waals surface area contributed by atoms with E-state index < -0.39 is 5.97 Å². The monoisotopic (exact) mass is 268 g/mol. The third-order valence-electron chi connectivity index (χ3n) is 3.35. The smallest absolute Gasteiger partial charge is 0.303 e. The molecule has 0 spiro atoms. The molecule has 100 valence electrons. The molecule has 1 aromatic rings. The molecule has 0 saturated carbocycles. The average Bonchev–Trinajstić information content (AvgIpc) is 2.32. The highest BCUT2D eigenvalue weighted by atomic mass is 35.5. The maximum Gasteiger partial charge on any atom is 0.303 e. The van der Waals surface area contributed by atoms with Gasteiger partial charge in [-0.2, -0.15) is 0 Å². The third-order valence-corrected chi connectivity index (χ3v) is 3.67. The predicted octanol–water partition coefficient (Wildman–Crippen LogP) is 4.65. The summed E-state index contributed by atoms with van der Waals surface area (Å²) >= 11 is 6.31. The quantitative estimate of drug-likeness (QED) is 0.781.